The normalized spacial score (nSPS) is 10.9. The Kier molecular flexibility index (Phi) is 8.53. The molecule has 186 valence electrons. The number of aromatic nitrogens is 1. The highest BCUT2D eigenvalue weighted by atomic mass is 32.1. The van der Waals surface area contributed by atoms with E-state index in [0.29, 0.717) is 35.4 Å². The minimum absolute atomic E-state index is 0.0567. The molecule has 0 aliphatic rings. The first-order valence-electron chi connectivity index (χ1n) is 11.5. The molecule has 1 heterocycles. The van der Waals surface area contributed by atoms with E-state index in [0.717, 1.165) is 22.6 Å². The van der Waals surface area contributed by atoms with Crippen LogP contribution in [0.2, 0.25) is 0 Å². The number of rotatable bonds is 10. The van der Waals surface area contributed by atoms with E-state index in [2.05, 4.69) is 10.3 Å². The fraction of sp³-hybridized carbons (Fsp3) is 0.138. The number of nitriles is 1. The van der Waals surface area contributed by atoms with Crippen LogP contribution in [-0.2, 0) is 4.79 Å². The molecule has 0 spiro atoms. The van der Waals surface area contributed by atoms with E-state index >= 15 is 0 Å². The monoisotopic (exact) mass is 511 g/mol. The number of nitrogens with zero attached hydrogens (tertiary/aromatic N) is 2. The van der Waals surface area contributed by atoms with Crippen molar-refractivity contribution in [3.05, 3.63) is 94.9 Å². The van der Waals surface area contributed by atoms with Gasteiger partial charge in [-0.05, 0) is 48.4 Å². The van der Waals surface area contributed by atoms with Crippen LogP contribution in [0.1, 0.15) is 11.1 Å². The number of carbonyl (C=O) groups excluding carboxylic acids is 1. The van der Waals surface area contributed by atoms with Crippen LogP contribution in [0.3, 0.4) is 0 Å². The number of nitrogens with one attached hydrogen (secondary N) is 1. The van der Waals surface area contributed by atoms with Gasteiger partial charge in [-0.3, -0.25) is 10.1 Å². The van der Waals surface area contributed by atoms with Gasteiger partial charge in [-0.15, -0.1) is 11.3 Å². The summed E-state index contributed by atoms with van der Waals surface area (Å²) < 4.78 is 17.0. The number of thiazole rings is 1. The Bertz CT molecular complexity index is 1440. The molecule has 0 saturated heterocycles. The van der Waals surface area contributed by atoms with Gasteiger partial charge >= 0.3 is 0 Å². The fourth-order valence-corrected chi connectivity index (χ4v) is 4.18. The Labute approximate surface area is 219 Å². The number of hydrogen-bond donors (Lipinski definition) is 1. The lowest BCUT2D eigenvalue weighted by Gasteiger charge is -2.12. The smallest absolute Gasteiger partial charge is 0.268 e. The highest BCUT2D eigenvalue weighted by Crippen LogP contribution is 2.29. The fourth-order valence-electron chi connectivity index (χ4n) is 3.46. The van der Waals surface area contributed by atoms with E-state index < -0.39 is 5.91 Å². The van der Waals surface area contributed by atoms with Crippen molar-refractivity contribution in [2.24, 2.45) is 0 Å². The molecule has 0 saturated carbocycles. The maximum atomic E-state index is 12.7. The molecular weight excluding hydrogens is 486 g/mol. The largest absolute Gasteiger partial charge is 0.493 e. The first-order chi connectivity index (χ1) is 18.1. The molecule has 0 radical (unpaired) electrons. The highest BCUT2D eigenvalue weighted by Gasteiger charge is 2.14. The lowest BCUT2D eigenvalue weighted by molar-refractivity contribution is -0.112. The Balaban J connectivity index is 1.38. The molecule has 1 N–H and O–H groups in total. The van der Waals surface area contributed by atoms with Crippen molar-refractivity contribution in [1.29, 1.82) is 5.26 Å². The highest BCUT2D eigenvalue weighted by molar-refractivity contribution is 7.14. The van der Waals surface area contributed by atoms with E-state index in [-0.39, 0.29) is 5.57 Å². The molecule has 0 atom stereocenters. The lowest BCUT2D eigenvalue weighted by atomic mass is 10.1. The van der Waals surface area contributed by atoms with Crippen LogP contribution in [-0.4, -0.2) is 31.2 Å². The van der Waals surface area contributed by atoms with Crippen molar-refractivity contribution in [3.8, 4) is 34.6 Å². The molecule has 0 fully saturated rings. The predicted molar refractivity (Wildman–Crippen MR) is 145 cm³/mol. The van der Waals surface area contributed by atoms with Crippen molar-refractivity contribution in [3.63, 3.8) is 0 Å². The number of aryl methyl sites for hydroxylation is 1. The molecule has 37 heavy (non-hydrogen) atoms. The zero-order valence-electron chi connectivity index (χ0n) is 20.4. The lowest BCUT2D eigenvalue weighted by Crippen LogP contribution is -2.13. The zero-order chi connectivity index (χ0) is 26.0. The Morgan fingerprint density at radius 2 is 1.84 bits per heavy atom. The average molecular weight is 512 g/mol. The number of amides is 1. The molecule has 0 unspecified atom stereocenters. The number of benzene rings is 3. The summed E-state index contributed by atoms with van der Waals surface area (Å²) in [5.41, 5.74) is 3.40. The van der Waals surface area contributed by atoms with Gasteiger partial charge in [-0.25, -0.2) is 4.98 Å². The second-order valence-corrected chi connectivity index (χ2v) is 8.81. The van der Waals surface area contributed by atoms with Crippen LogP contribution in [0.25, 0.3) is 17.3 Å². The number of hydrogen-bond acceptors (Lipinski definition) is 7. The molecule has 3 aromatic carbocycles. The van der Waals surface area contributed by atoms with Gasteiger partial charge in [-0.2, -0.15) is 5.26 Å². The quantitative estimate of drug-likeness (QED) is 0.156. The maximum absolute atomic E-state index is 12.7. The van der Waals surface area contributed by atoms with Crippen LogP contribution in [0.15, 0.2) is 83.7 Å². The van der Waals surface area contributed by atoms with E-state index in [9.17, 15) is 10.1 Å². The molecule has 0 bridgehead atoms. The number of ether oxygens (including phenoxy) is 3. The van der Waals surface area contributed by atoms with Gasteiger partial charge in [0, 0.05) is 10.9 Å². The average Bonchev–Trinajstić information content (AvgIpc) is 3.39. The molecule has 1 amide bonds. The van der Waals surface area contributed by atoms with Gasteiger partial charge in [-0.1, -0.05) is 48.5 Å². The van der Waals surface area contributed by atoms with Crippen molar-refractivity contribution in [2.45, 2.75) is 6.92 Å². The van der Waals surface area contributed by atoms with Gasteiger partial charge in [0.25, 0.3) is 5.91 Å². The summed E-state index contributed by atoms with van der Waals surface area (Å²) in [6.45, 7) is 2.70. The molecule has 8 heteroatoms. The third kappa shape index (κ3) is 6.97. The SMILES string of the molecule is COc1cc(/C=C(/C#N)C(=O)Nc2nc(-c3ccccc3)cs2)ccc1OCCOc1cccc(C)c1. The summed E-state index contributed by atoms with van der Waals surface area (Å²) in [5, 5.41) is 14.6. The number of methoxy groups -OCH3 is 1. The summed E-state index contributed by atoms with van der Waals surface area (Å²) in [5.74, 6) is 1.26. The van der Waals surface area contributed by atoms with Crippen LogP contribution < -0.4 is 19.5 Å². The Hall–Kier alpha value is -4.61. The molecule has 0 aliphatic heterocycles. The molecule has 4 rings (SSSR count). The van der Waals surface area contributed by atoms with Gasteiger partial charge in [0.15, 0.2) is 16.6 Å². The van der Waals surface area contributed by atoms with Crippen molar-refractivity contribution in [1.82, 2.24) is 4.98 Å². The summed E-state index contributed by atoms with van der Waals surface area (Å²) in [7, 11) is 1.53. The Morgan fingerprint density at radius 3 is 2.59 bits per heavy atom. The molecule has 4 aromatic rings. The van der Waals surface area contributed by atoms with Crippen LogP contribution in [0.4, 0.5) is 5.13 Å². The van der Waals surface area contributed by atoms with E-state index in [1.807, 2.05) is 73.0 Å². The summed E-state index contributed by atoms with van der Waals surface area (Å²) in [4.78, 5) is 17.2. The molecule has 7 nitrogen and oxygen atoms in total. The third-order valence-corrected chi connectivity index (χ3v) is 6.01. The second kappa shape index (κ2) is 12.4. The third-order valence-electron chi connectivity index (χ3n) is 5.26. The van der Waals surface area contributed by atoms with Gasteiger partial charge in [0.05, 0.1) is 12.8 Å². The minimum atomic E-state index is -0.538. The maximum Gasteiger partial charge on any atom is 0.268 e. The van der Waals surface area contributed by atoms with E-state index in [4.69, 9.17) is 14.2 Å². The Morgan fingerprint density at radius 1 is 1.03 bits per heavy atom. The second-order valence-electron chi connectivity index (χ2n) is 7.95. The van der Waals surface area contributed by atoms with Crippen LogP contribution >= 0.6 is 11.3 Å². The number of anilines is 1. The summed E-state index contributed by atoms with van der Waals surface area (Å²) in [6.07, 6.45) is 1.49. The molecule has 0 aliphatic carbocycles. The van der Waals surface area contributed by atoms with Crippen molar-refractivity contribution < 1.29 is 19.0 Å². The predicted octanol–water partition coefficient (Wildman–Crippen LogP) is 6.13. The first-order valence-corrected chi connectivity index (χ1v) is 12.4. The van der Waals surface area contributed by atoms with E-state index in [1.54, 1.807) is 18.2 Å². The first kappa shape index (κ1) is 25.5. The summed E-state index contributed by atoms with van der Waals surface area (Å²) >= 11 is 1.30. The van der Waals surface area contributed by atoms with E-state index in [1.165, 1.54) is 24.5 Å². The van der Waals surface area contributed by atoms with Crippen molar-refractivity contribution in [2.75, 3.05) is 25.6 Å². The van der Waals surface area contributed by atoms with Gasteiger partial charge in [0.1, 0.15) is 30.6 Å². The minimum Gasteiger partial charge on any atom is -0.493 e. The van der Waals surface area contributed by atoms with Crippen molar-refractivity contribution >= 4 is 28.5 Å². The number of carbonyl (C=O) groups is 1. The van der Waals surface area contributed by atoms with Crippen LogP contribution in [0.5, 0.6) is 17.2 Å². The van der Waals surface area contributed by atoms with Gasteiger partial charge < -0.3 is 14.2 Å². The summed E-state index contributed by atoms with van der Waals surface area (Å²) in [6, 6.07) is 24.6. The molecule has 1 aromatic heterocycles. The standard InChI is InChI=1S/C29H25N3O4S/c1-20-7-6-10-24(15-20)35-13-14-36-26-12-11-21(17-27(26)34-2)16-23(18-30)28(33)32-29-31-25(19-37-29)22-8-4-3-5-9-22/h3-12,15-17,19H,13-14H2,1-2H3,(H,31,32,33)/b23-16-. The topological polar surface area (TPSA) is 93.5 Å². The molecular formula is C29H25N3O4S. The zero-order valence-corrected chi connectivity index (χ0v) is 21.2. The van der Waals surface area contributed by atoms with Crippen LogP contribution in [0, 0.1) is 18.3 Å². The van der Waals surface area contributed by atoms with Gasteiger partial charge in [0.2, 0.25) is 0 Å².